The van der Waals surface area contributed by atoms with E-state index in [1.165, 1.54) is 5.56 Å². The molecule has 1 amide bonds. The molecule has 1 rings (SSSR count). The number of nitrogens with zero attached hydrogens (tertiary/aromatic N) is 1. The standard InChI is InChI=1S/C18H28N2O2S/c1-13-8-9-14(2)15(12-13)22-11-7-10-18(3,4)16(21)19-17(23)20(5)6/h8-9,12H,7,10-11H2,1-6H3,(H,19,21,23). The van der Waals surface area contributed by atoms with Crippen LogP contribution in [0.25, 0.3) is 0 Å². The van der Waals surface area contributed by atoms with Crippen molar-refractivity contribution >= 4 is 23.2 Å². The van der Waals surface area contributed by atoms with Gasteiger partial charge in [0.1, 0.15) is 5.75 Å². The number of carbonyl (C=O) groups is 1. The fraction of sp³-hybridized carbons (Fsp3) is 0.556. The van der Waals surface area contributed by atoms with E-state index in [9.17, 15) is 4.79 Å². The highest BCUT2D eigenvalue weighted by molar-refractivity contribution is 7.80. The molecule has 4 nitrogen and oxygen atoms in total. The van der Waals surface area contributed by atoms with E-state index < -0.39 is 5.41 Å². The molecule has 23 heavy (non-hydrogen) atoms. The van der Waals surface area contributed by atoms with E-state index in [2.05, 4.69) is 17.4 Å². The van der Waals surface area contributed by atoms with E-state index in [0.717, 1.165) is 24.2 Å². The molecule has 0 heterocycles. The summed E-state index contributed by atoms with van der Waals surface area (Å²) in [6.07, 6.45) is 1.54. The first-order valence-electron chi connectivity index (χ1n) is 7.86. The summed E-state index contributed by atoms with van der Waals surface area (Å²) < 4.78 is 5.85. The molecular weight excluding hydrogens is 308 g/mol. The maximum absolute atomic E-state index is 12.3. The second kappa shape index (κ2) is 8.29. The van der Waals surface area contributed by atoms with Gasteiger partial charge in [0.15, 0.2) is 5.11 Å². The lowest BCUT2D eigenvalue weighted by Gasteiger charge is -2.25. The predicted octanol–water partition coefficient (Wildman–Crippen LogP) is 3.45. The average Bonchev–Trinajstić information content (AvgIpc) is 2.46. The maximum atomic E-state index is 12.3. The fourth-order valence-corrected chi connectivity index (χ4v) is 2.14. The van der Waals surface area contributed by atoms with Gasteiger partial charge >= 0.3 is 0 Å². The van der Waals surface area contributed by atoms with Crippen molar-refractivity contribution in [3.8, 4) is 5.75 Å². The van der Waals surface area contributed by atoms with E-state index in [-0.39, 0.29) is 5.91 Å². The van der Waals surface area contributed by atoms with Crippen molar-refractivity contribution in [1.29, 1.82) is 0 Å². The van der Waals surface area contributed by atoms with Gasteiger partial charge in [0.25, 0.3) is 0 Å². The second-order valence-corrected chi connectivity index (χ2v) is 7.15. The largest absolute Gasteiger partial charge is 0.493 e. The van der Waals surface area contributed by atoms with Gasteiger partial charge in [0.2, 0.25) is 5.91 Å². The first kappa shape index (κ1) is 19.4. The van der Waals surface area contributed by atoms with Crippen LogP contribution in [0.3, 0.4) is 0 Å². The Kier molecular flexibility index (Phi) is 7.01. The first-order valence-corrected chi connectivity index (χ1v) is 8.27. The first-order chi connectivity index (χ1) is 10.6. The molecule has 0 saturated carbocycles. The Balaban J connectivity index is 2.45. The zero-order chi connectivity index (χ0) is 17.6. The van der Waals surface area contributed by atoms with E-state index in [1.807, 2.05) is 47.9 Å². The summed E-state index contributed by atoms with van der Waals surface area (Å²) in [6.45, 7) is 8.54. The summed E-state index contributed by atoms with van der Waals surface area (Å²) in [5.41, 5.74) is 1.83. The molecule has 0 bridgehead atoms. The number of aryl methyl sites for hydroxylation is 2. The van der Waals surface area contributed by atoms with Gasteiger partial charge in [-0.2, -0.15) is 0 Å². The second-order valence-electron chi connectivity index (χ2n) is 6.76. The van der Waals surface area contributed by atoms with Crippen LogP contribution < -0.4 is 10.1 Å². The minimum atomic E-state index is -0.481. The highest BCUT2D eigenvalue weighted by Gasteiger charge is 2.28. The van der Waals surface area contributed by atoms with Crippen molar-refractivity contribution in [2.75, 3.05) is 20.7 Å². The van der Waals surface area contributed by atoms with Crippen molar-refractivity contribution < 1.29 is 9.53 Å². The third-order valence-corrected chi connectivity index (χ3v) is 4.26. The summed E-state index contributed by atoms with van der Waals surface area (Å²) in [5.74, 6) is 0.865. The molecule has 0 aliphatic heterocycles. The van der Waals surface area contributed by atoms with Gasteiger partial charge in [-0.05, 0) is 56.1 Å². The van der Waals surface area contributed by atoms with Crippen LogP contribution in [0.4, 0.5) is 0 Å². The van der Waals surface area contributed by atoms with Crippen LogP contribution in [0.5, 0.6) is 5.75 Å². The van der Waals surface area contributed by atoms with Crippen LogP contribution in [0, 0.1) is 19.3 Å². The fourth-order valence-electron chi connectivity index (χ4n) is 2.05. The van der Waals surface area contributed by atoms with E-state index in [0.29, 0.717) is 11.7 Å². The third kappa shape index (κ3) is 6.18. The molecule has 0 atom stereocenters. The van der Waals surface area contributed by atoms with Crippen LogP contribution in [0.15, 0.2) is 18.2 Å². The number of amides is 1. The van der Waals surface area contributed by atoms with Gasteiger partial charge in [0, 0.05) is 19.5 Å². The lowest BCUT2D eigenvalue weighted by atomic mass is 9.87. The Bertz CT molecular complexity index is 568. The van der Waals surface area contributed by atoms with Gasteiger partial charge in [-0.25, -0.2) is 0 Å². The van der Waals surface area contributed by atoms with E-state index in [4.69, 9.17) is 17.0 Å². The lowest BCUT2D eigenvalue weighted by Crippen LogP contribution is -2.44. The SMILES string of the molecule is Cc1ccc(C)c(OCCCC(C)(C)C(=O)NC(=S)N(C)C)c1. The van der Waals surface area contributed by atoms with Crippen molar-refractivity contribution in [1.82, 2.24) is 10.2 Å². The summed E-state index contributed by atoms with van der Waals surface area (Å²) >= 11 is 5.12. The Morgan fingerprint density at radius 2 is 1.96 bits per heavy atom. The number of ether oxygens (including phenoxy) is 1. The van der Waals surface area contributed by atoms with Gasteiger partial charge in [-0.15, -0.1) is 0 Å². The van der Waals surface area contributed by atoms with Crippen molar-refractivity contribution in [2.24, 2.45) is 5.41 Å². The van der Waals surface area contributed by atoms with E-state index in [1.54, 1.807) is 4.90 Å². The number of nitrogens with one attached hydrogen (secondary N) is 1. The number of hydrogen-bond acceptors (Lipinski definition) is 3. The summed E-state index contributed by atoms with van der Waals surface area (Å²) in [7, 11) is 3.63. The van der Waals surface area contributed by atoms with E-state index >= 15 is 0 Å². The number of benzene rings is 1. The molecule has 128 valence electrons. The molecule has 1 N–H and O–H groups in total. The number of thiocarbonyl (C=S) groups is 1. The van der Waals surface area contributed by atoms with Gasteiger partial charge in [-0.1, -0.05) is 26.0 Å². The molecule has 1 aromatic rings. The highest BCUT2D eigenvalue weighted by Crippen LogP contribution is 2.24. The average molecular weight is 337 g/mol. The zero-order valence-electron chi connectivity index (χ0n) is 15.0. The summed E-state index contributed by atoms with van der Waals surface area (Å²) in [6, 6.07) is 6.18. The van der Waals surface area contributed by atoms with Gasteiger partial charge < -0.3 is 15.0 Å². The van der Waals surface area contributed by atoms with Crippen molar-refractivity contribution in [2.45, 2.75) is 40.5 Å². The Morgan fingerprint density at radius 1 is 1.30 bits per heavy atom. The van der Waals surface area contributed by atoms with Crippen LogP contribution in [-0.4, -0.2) is 36.6 Å². The number of rotatable bonds is 6. The molecule has 1 aromatic carbocycles. The summed E-state index contributed by atoms with van der Waals surface area (Å²) in [5, 5.41) is 3.21. The molecule has 0 aliphatic rings. The van der Waals surface area contributed by atoms with Gasteiger partial charge in [-0.3, -0.25) is 4.79 Å². The monoisotopic (exact) mass is 336 g/mol. The van der Waals surface area contributed by atoms with Crippen LogP contribution >= 0.6 is 12.2 Å². The Morgan fingerprint density at radius 3 is 2.57 bits per heavy atom. The molecule has 5 heteroatoms. The Labute approximate surface area is 145 Å². The van der Waals surface area contributed by atoms with Crippen LogP contribution in [0.1, 0.15) is 37.8 Å². The minimum absolute atomic E-state index is 0.0528. The number of hydrogen-bond donors (Lipinski definition) is 1. The smallest absolute Gasteiger partial charge is 0.231 e. The third-order valence-electron chi connectivity index (χ3n) is 3.79. The molecule has 0 aromatic heterocycles. The normalized spacial score (nSPS) is 11.0. The molecule has 0 spiro atoms. The summed E-state index contributed by atoms with van der Waals surface area (Å²) in [4.78, 5) is 14.0. The van der Waals surface area contributed by atoms with Crippen molar-refractivity contribution in [3.05, 3.63) is 29.3 Å². The predicted molar refractivity (Wildman–Crippen MR) is 98.9 cm³/mol. The minimum Gasteiger partial charge on any atom is -0.493 e. The maximum Gasteiger partial charge on any atom is 0.231 e. The zero-order valence-corrected chi connectivity index (χ0v) is 15.8. The number of carbonyl (C=O) groups excluding carboxylic acids is 1. The molecule has 0 radical (unpaired) electrons. The molecule has 0 unspecified atom stereocenters. The molecule has 0 fully saturated rings. The molecule has 0 aliphatic carbocycles. The van der Waals surface area contributed by atoms with Crippen LogP contribution in [-0.2, 0) is 4.79 Å². The quantitative estimate of drug-likeness (QED) is 0.638. The van der Waals surface area contributed by atoms with Crippen molar-refractivity contribution in [3.63, 3.8) is 0 Å². The highest BCUT2D eigenvalue weighted by atomic mass is 32.1. The van der Waals surface area contributed by atoms with Gasteiger partial charge in [0.05, 0.1) is 6.61 Å². The topological polar surface area (TPSA) is 41.6 Å². The molecular formula is C18H28N2O2S. The van der Waals surface area contributed by atoms with Crippen LogP contribution in [0.2, 0.25) is 0 Å². The lowest BCUT2D eigenvalue weighted by molar-refractivity contribution is -0.128. The molecule has 0 saturated heterocycles. The Hall–Kier alpha value is -1.62.